The zero-order chi connectivity index (χ0) is 24.5. The number of rotatable bonds is 3. The number of benzene rings is 3. The Morgan fingerprint density at radius 2 is 1.64 bits per heavy atom. The van der Waals surface area contributed by atoms with Crippen LogP contribution in [0, 0.1) is 23.7 Å². The van der Waals surface area contributed by atoms with Gasteiger partial charge in [0.25, 0.3) is 0 Å². The van der Waals surface area contributed by atoms with Crippen molar-refractivity contribution in [3.05, 3.63) is 66.7 Å². The lowest BCUT2D eigenvalue weighted by molar-refractivity contribution is -0.575. The van der Waals surface area contributed by atoms with Gasteiger partial charge in [0.1, 0.15) is 5.75 Å². The van der Waals surface area contributed by atoms with Crippen molar-refractivity contribution in [2.24, 2.45) is 23.7 Å². The first kappa shape index (κ1) is 22.7. The van der Waals surface area contributed by atoms with Crippen molar-refractivity contribution in [2.45, 2.75) is 70.4 Å². The third-order valence-corrected chi connectivity index (χ3v) is 9.30. The van der Waals surface area contributed by atoms with Crippen LogP contribution in [0.3, 0.4) is 0 Å². The third-order valence-electron chi connectivity index (χ3n) is 9.30. The smallest absolute Gasteiger partial charge is 0.205 e. The number of fused-ring (bicyclic) bond motifs is 3. The minimum absolute atomic E-state index is 0.142. The van der Waals surface area contributed by atoms with Crippen LogP contribution in [0.1, 0.15) is 46.5 Å². The van der Waals surface area contributed by atoms with Crippen molar-refractivity contribution in [1.82, 2.24) is 0 Å². The molecule has 5 heteroatoms. The normalized spacial score (nSPS) is 39.4. The second-order valence-corrected chi connectivity index (χ2v) is 11.4. The van der Waals surface area contributed by atoms with Crippen molar-refractivity contribution < 1.29 is 24.0 Å². The molecule has 0 unspecified atom stereocenters. The van der Waals surface area contributed by atoms with E-state index < -0.39 is 24.0 Å². The first-order valence-electron chi connectivity index (χ1n) is 13.4. The molecule has 1 aliphatic carbocycles. The Morgan fingerprint density at radius 3 is 2.50 bits per heavy atom. The maximum Gasteiger partial charge on any atom is 0.205 e. The van der Waals surface area contributed by atoms with Crippen LogP contribution in [0.5, 0.6) is 5.75 Å². The lowest BCUT2D eigenvalue weighted by Crippen LogP contribution is -2.70. The second kappa shape index (κ2) is 8.29. The summed E-state index contributed by atoms with van der Waals surface area (Å²) in [6.45, 7) is 6.52. The quantitative estimate of drug-likeness (QED) is 0.370. The molecule has 1 saturated carbocycles. The van der Waals surface area contributed by atoms with Gasteiger partial charge in [-0.2, -0.15) is 0 Å². The van der Waals surface area contributed by atoms with Gasteiger partial charge in [-0.3, -0.25) is 0 Å². The topological polar surface area (TPSA) is 46.2 Å². The monoisotopic (exact) mass is 486 g/mol. The highest BCUT2D eigenvalue weighted by molar-refractivity contribution is 5.96. The van der Waals surface area contributed by atoms with Gasteiger partial charge in [-0.15, -0.1) is 0 Å². The summed E-state index contributed by atoms with van der Waals surface area (Å²) in [6.07, 6.45) is 3.18. The molecule has 4 heterocycles. The molecular formula is C31H34O5. The van der Waals surface area contributed by atoms with Gasteiger partial charge in [0.15, 0.2) is 11.9 Å². The number of hydrogen-bond acceptors (Lipinski definition) is 5. The molecule has 188 valence electrons. The molecule has 4 aliphatic heterocycles. The Balaban J connectivity index is 1.16. The Morgan fingerprint density at radius 1 is 0.833 bits per heavy atom. The molecule has 36 heavy (non-hydrogen) atoms. The Hall–Kier alpha value is -2.44. The van der Waals surface area contributed by atoms with Gasteiger partial charge in [0.05, 0.1) is 0 Å². The lowest BCUT2D eigenvalue weighted by Gasteiger charge is -2.60. The molecule has 2 bridgehead atoms. The lowest BCUT2D eigenvalue weighted by atomic mass is 9.58. The molecule has 5 fully saturated rings. The van der Waals surface area contributed by atoms with E-state index in [1.165, 1.54) is 28.3 Å². The highest BCUT2D eigenvalue weighted by Gasteiger charge is 2.69. The van der Waals surface area contributed by atoms with E-state index in [9.17, 15) is 0 Å². The molecular weight excluding hydrogens is 452 g/mol. The van der Waals surface area contributed by atoms with Gasteiger partial charge in [0.2, 0.25) is 12.1 Å². The highest BCUT2D eigenvalue weighted by Crippen LogP contribution is 2.60. The molecule has 5 aliphatic rings. The Labute approximate surface area is 212 Å². The Kier molecular flexibility index (Phi) is 5.23. The minimum atomic E-state index is -0.775. The summed E-state index contributed by atoms with van der Waals surface area (Å²) in [5.74, 6) is 1.32. The molecule has 1 spiro atoms. The van der Waals surface area contributed by atoms with Crippen molar-refractivity contribution in [3.8, 4) is 16.9 Å². The molecule has 8 atom stereocenters. The fourth-order valence-corrected chi connectivity index (χ4v) is 7.33. The van der Waals surface area contributed by atoms with Gasteiger partial charge in [0, 0.05) is 18.3 Å². The standard InChI is InChI=1S/C31H34O5/c1-19-11-16-27-20(2)28(33-29-31(27)26(19)17-18-30(3,34-29)35-36-31)32-23-14-12-22(13-15-23)25-10-6-8-21-7-4-5-9-24(21)25/h4-10,12-15,19-20,26-29H,11,16-18H2,1-3H3/t19-,20-,26+,27+,28+,29-,30+,31-/m1/s1. The van der Waals surface area contributed by atoms with Gasteiger partial charge >= 0.3 is 0 Å². The summed E-state index contributed by atoms with van der Waals surface area (Å²) < 4.78 is 19.5. The Bertz CT molecular complexity index is 1270. The molecule has 4 saturated heterocycles. The largest absolute Gasteiger partial charge is 0.465 e. The summed E-state index contributed by atoms with van der Waals surface area (Å²) in [6, 6.07) is 23.3. The van der Waals surface area contributed by atoms with Gasteiger partial charge < -0.3 is 14.2 Å². The van der Waals surface area contributed by atoms with Crippen molar-refractivity contribution in [1.29, 1.82) is 0 Å². The summed E-state index contributed by atoms with van der Waals surface area (Å²) in [5.41, 5.74) is 1.83. The van der Waals surface area contributed by atoms with Crippen LogP contribution in [0.2, 0.25) is 0 Å². The van der Waals surface area contributed by atoms with E-state index in [-0.39, 0.29) is 11.8 Å². The van der Waals surface area contributed by atoms with E-state index >= 15 is 0 Å². The van der Waals surface area contributed by atoms with Crippen LogP contribution in [0.25, 0.3) is 21.9 Å². The van der Waals surface area contributed by atoms with E-state index in [1.54, 1.807) is 0 Å². The average molecular weight is 487 g/mol. The second-order valence-electron chi connectivity index (χ2n) is 11.4. The summed E-state index contributed by atoms with van der Waals surface area (Å²) in [7, 11) is 0. The van der Waals surface area contributed by atoms with Crippen LogP contribution in [-0.2, 0) is 19.2 Å². The predicted molar refractivity (Wildman–Crippen MR) is 137 cm³/mol. The van der Waals surface area contributed by atoms with E-state index in [2.05, 4.69) is 68.4 Å². The molecule has 3 aromatic rings. The zero-order valence-electron chi connectivity index (χ0n) is 21.2. The van der Waals surface area contributed by atoms with E-state index in [0.29, 0.717) is 11.8 Å². The van der Waals surface area contributed by atoms with Crippen LogP contribution in [0.15, 0.2) is 66.7 Å². The van der Waals surface area contributed by atoms with E-state index in [1.807, 2.05) is 19.1 Å². The van der Waals surface area contributed by atoms with Crippen LogP contribution in [-0.4, -0.2) is 24.0 Å². The van der Waals surface area contributed by atoms with E-state index in [0.717, 1.165) is 25.0 Å². The number of ether oxygens (including phenoxy) is 3. The molecule has 0 N–H and O–H groups in total. The molecule has 5 nitrogen and oxygen atoms in total. The fraction of sp³-hybridized carbons (Fsp3) is 0.484. The third kappa shape index (κ3) is 3.37. The molecule has 0 radical (unpaired) electrons. The fourth-order valence-electron chi connectivity index (χ4n) is 7.33. The summed E-state index contributed by atoms with van der Waals surface area (Å²) in [5, 5.41) is 2.49. The van der Waals surface area contributed by atoms with Crippen LogP contribution < -0.4 is 4.74 Å². The van der Waals surface area contributed by atoms with Crippen LogP contribution >= 0.6 is 0 Å². The maximum atomic E-state index is 6.58. The highest BCUT2D eigenvalue weighted by atomic mass is 17.3. The van der Waals surface area contributed by atoms with Crippen LogP contribution in [0.4, 0.5) is 0 Å². The SMILES string of the molecule is C[C@H]1[C@@H](Oc2ccc(-c3cccc4ccccc34)cc2)O[C@@H]2O[C@]3(C)CC[C@H]4[C@H](C)CC[C@@H]1[C@@]24OO3. The molecule has 8 rings (SSSR count). The van der Waals surface area contributed by atoms with E-state index in [4.69, 9.17) is 24.0 Å². The molecule has 0 aromatic heterocycles. The van der Waals surface area contributed by atoms with Gasteiger partial charge in [-0.1, -0.05) is 68.4 Å². The maximum absolute atomic E-state index is 6.58. The average Bonchev–Trinajstić information content (AvgIpc) is 3.13. The van der Waals surface area contributed by atoms with Gasteiger partial charge in [-0.05, 0) is 72.1 Å². The van der Waals surface area contributed by atoms with Gasteiger partial charge in [-0.25, -0.2) is 9.78 Å². The minimum Gasteiger partial charge on any atom is -0.465 e. The van der Waals surface area contributed by atoms with Crippen molar-refractivity contribution in [2.75, 3.05) is 0 Å². The summed E-state index contributed by atoms with van der Waals surface area (Å²) in [4.78, 5) is 12.2. The number of hydrogen-bond donors (Lipinski definition) is 0. The molecule has 0 amide bonds. The first-order chi connectivity index (χ1) is 17.5. The molecule has 3 aromatic carbocycles. The summed E-state index contributed by atoms with van der Waals surface area (Å²) >= 11 is 0. The predicted octanol–water partition coefficient (Wildman–Crippen LogP) is 7.09. The van der Waals surface area contributed by atoms with Crippen molar-refractivity contribution >= 4 is 10.8 Å². The zero-order valence-corrected chi connectivity index (χ0v) is 21.2. The van der Waals surface area contributed by atoms with Crippen molar-refractivity contribution in [3.63, 3.8) is 0 Å². The first-order valence-corrected chi connectivity index (χ1v) is 13.4.